The molecule has 2 heterocycles. The van der Waals surface area contributed by atoms with E-state index in [-0.39, 0.29) is 5.91 Å². The highest BCUT2D eigenvalue weighted by Crippen LogP contribution is 2.33. The lowest BCUT2D eigenvalue weighted by molar-refractivity contribution is -0.118. The van der Waals surface area contributed by atoms with Crippen molar-refractivity contribution in [2.45, 2.75) is 38.6 Å². The van der Waals surface area contributed by atoms with Gasteiger partial charge in [0.2, 0.25) is 5.91 Å². The van der Waals surface area contributed by atoms with Crippen LogP contribution in [0, 0.1) is 0 Å². The van der Waals surface area contributed by atoms with E-state index in [1.54, 1.807) is 0 Å². The Kier molecular flexibility index (Phi) is 5.44. The van der Waals surface area contributed by atoms with Gasteiger partial charge in [0.1, 0.15) is 5.75 Å². The van der Waals surface area contributed by atoms with Crippen LogP contribution in [0.3, 0.4) is 0 Å². The SMILES string of the molecule is CCOc1ccc(C2CCCN2CCC(=O)N2CCc3ccccc32)cc1. The third-order valence-electron chi connectivity index (χ3n) is 5.74. The Morgan fingerprint density at radius 2 is 1.93 bits per heavy atom. The average Bonchev–Trinajstić information content (AvgIpc) is 3.34. The second-order valence-corrected chi connectivity index (χ2v) is 7.37. The number of nitrogens with zero attached hydrogens (tertiary/aromatic N) is 2. The molecule has 0 bridgehead atoms. The van der Waals surface area contributed by atoms with Crippen molar-refractivity contribution >= 4 is 11.6 Å². The quantitative estimate of drug-likeness (QED) is 0.770. The summed E-state index contributed by atoms with van der Waals surface area (Å²) in [5, 5.41) is 0. The van der Waals surface area contributed by atoms with Crippen LogP contribution in [0.2, 0.25) is 0 Å². The number of benzene rings is 2. The Hall–Kier alpha value is -2.33. The van der Waals surface area contributed by atoms with Crippen molar-refractivity contribution in [3.05, 3.63) is 59.7 Å². The zero-order chi connectivity index (χ0) is 18.6. The summed E-state index contributed by atoms with van der Waals surface area (Å²) in [6.45, 7) is 5.41. The van der Waals surface area contributed by atoms with Gasteiger partial charge in [-0.3, -0.25) is 9.69 Å². The van der Waals surface area contributed by atoms with Crippen LogP contribution in [-0.2, 0) is 11.2 Å². The maximum Gasteiger partial charge on any atom is 0.228 e. The molecule has 2 aliphatic heterocycles. The van der Waals surface area contributed by atoms with Gasteiger partial charge in [0, 0.05) is 31.2 Å². The maximum atomic E-state index is 12.8. The summed E-state index contributed by atoms with van der Waals surface area (Å²) in [4.78, 5) is 17.2. The number of hydrogen-bond acceptors (Lipinski definition) is 3. The Bertz CT molecular complexity index is 787. The van der Waals surface area contributed by atoms with Crippen LogP contribution in [0.1, 0.15) is 43.4 Å². The van der Waals surface area contributed by atoms with Crippen molar-refractivity contribution in [2.75, 3.05) is 31.1 Å². The van der Waals surface area contributed by atoms with Crippen LogP contribution >= 0.6 is 0 Å². The van der Waals surface area contributed by atoms with Crippen LogP contribution in [-0.4, -0.2) is 37.0 Å². The second-order valence-electron chi connectivity index (χ2n) is 7.37. The lowest BCUT2D eigenvalue weighted by Crippen LogP contribution is -2.33. The summed E-state index contributed by atoms with van der Waals surface area (Å²) in [5.74, 6) is 1.17. The molecule has 27 heavy (non-hydrogen) atoms. The predicted octanol–water partition coefficient (Wildman–Crippen LogP) is 4.20. The molecule has 4 heteroatoms. The fourth-order valence-electron chi connectivity index (χ4n) is 4.40. The van der Waals surface area contributed by atoms with E-state index in [2.05, 4.69) is 47.4 Å². The minimum atomic E-state index is 0.247. The fraction of sp³-hybridized carbons (Fsp3) is 0.435. The molecule has 1 saturated heterocycles. The van der Waals surface area contributed by atoms with E-state index in [9.17, 15) is 4.79 Å². The first-order valence-electron chi connectivity index (χ1n) is 10.1. The van der Waals surface area contributed by atoms with E-state index in [1.807, 2.05) is 17.9 Å². The molecule has 2 aliphatic rings. The number of hydrogen-bond donors (Lipinski definition) is 0. The van der Waals surface area contributed by atoms with Gasteiger partial charge in [-0.15, -0.1) is 0 Å². The smallest absolute Gasteiger partial charge is 0.228 e. The molecule has 142 valence electrons. The Labute approximate surface area is 161 Å². The molecule has 0 aliphatic carbocycles. The number of rotatable bonds is 6. The highest BCUT2D eigenvalue weighted by molar-refractivity contribution is 5.95. The number of para-hydroxylation sites is 1. The van der Waals surface area contributed by atoms with Crippen LogP contribution in [0.25, 0.3) is 0 Å². The summed E-state index contributed by atoms with van der Waals surface area (Å²) in [6, 6.07) is 17.1. The summed E-state index contributed by atoms with van der Waals surface area (Å²) >= 11 is 0. The molecule has 4 rings (SSSR count). The number of carbonyl (C=O) groups is 1. The van der Waals surface area contributed by atoms with Gasteiger partial charge in [-0.2, -0.15) is 0 Å². The number of carbonyl (C=O) groups excluding carboxylic acids is 1. The summed E-state index contributed by atoms with van der Waals surface area (Å²) < 4.78 is 5.55. The molecule has 4 nitrogen and oxygen atoms in total. The summed E-state index contributed by atoms with van der Waals surface area (Å²) in [5.41, 5.74) is 3.72. The van der Waals surface area contributed by atoms with Crippen LogP contribution in [0.5, 0.6) is 5.75 Å². The molecule has 2 aromatic carbocycles. The van der Waals surface area contributed by atoms with Crippen molar-refractivity contribution in [2.24, 2.45) is 0 Å². The highest BCUT2D eigenvalue weighted by atomic mass is 16.5. The monoisotopic (exact) mass is 364 g/mol. The van der Waals surface area contributed by atoms with E-state index in [1.165, 1.54) is 17.5 Å². The first-order chi connectivity index (χ1) is 13.3. The third-order valence-corrected chi connectivity index (χ3v) is 5.74. The topological polar surface area (TPSA) is 32.8 Å². The van der Waals surface area contributed by atoms with E-state index in [0.29, 0.717) is 19.1 Å². The van der Waals surface area contributed by atoms with Crippen LogP contribution in [0.4, 0.5) is 5.69 Å². The van der Waals surface area contributed by atoms with Gasteiger partial charge in [0.05, 0.1) is 6.61 Å². The first kappa shape index (κ1) is 18.1. The van der Waals surface area contributed by atoms with Crippen molar-refractivity contribution in [3.63, 3.8) is 0 Å². The molecular formula is C23H28N2O2. The molecule has 0 saturated carbocycles. The van der Waals surface area contributed by atoms with Gasteiger partial charge in [-0.1, -0.05) is 30.3 Å². The van der Waals surface area contributed by atoms with E-state index < -0.39 is 0 Å². The standard InChI is InChI=1S/C23H28N2O2/c1-2-27-20-11-9-19(10-12-20)21-8-5-15-24(21)16-14-23(26)25-17-13-18-6-3-4-7-22(18)25/h3-4,6-7,9-12,21H,2,5,8,13-17H2,1H3. The number of anilines is 1. The van der Waals surface area contributed by atoms with Gasteiger partial charge < -0.3 is 9.64 Å². The van der Waals surface area contributed by atoms with E-state index >= 15 is 0 Å². The number of amides is 1. The van der Waals surface area contributed by atoms with Gasteiger partial charge in [-0.05, 0) is 62.1 Å². The van der Waals surface area contributed by atoms with Gasteiger partial charge >= 0.3 is 0 Å². The van der Waals surface area contributed by atoms with Gasteiger partial charge in [0.15, 0.2) is 0 Å². The van der Waals surface area contributed by atoms with Crippen LogP contribution < -0.4 is 9.64 Å². The van der Waals surface area contributed by atoms with Crippen molar-refractivity contribution < 1.29 is 9.53 Å². The Balaban J connectivity index is 1.37. The lowest BCUT2D eigenvalue weighted by atomic mass is 10.0. The minimum Gasteiger partial charge on any atom is -0.494 e. The lowest BCUT2D eigenvalue weighted by Gasteiger charge is -2.26. The Morgan fingerprint density at radius 1 is 1.11 bits per heavy atom. The number of likely N-dealkylation sites (tertiary alicyclic amines) is 1. The molecular weight excluding hydrogens is 336 g/mol. The normalized spacial score (nSPS) is 19.3. The predicted molar refractivity (Wildman–Crippen MR) is 108 cm³/mol. The number of fused-ring (bicyclic) bond motifs is 1. The Morgan fingerprint density at radius 3 is 2.74 bits per heavy atom. The number of ether oxygens (including phenoxy) is 1. The molecule has 0 N–H and O–H groups in total. The fourth-order valence-corrected chi connectivity index (χ4v) is 4.40. The summed E-state index contributed by atoms with van der Waals surface area (Å²) in [6.07, 6.45) is 3.91. The largest absolute Gasteiger partial charge is 0.494 e. The van der Waals surface area contributed by atoms with E-state index in [0.717, 1.165) is 43.9 Å². The second kappa shape index (κ2) is 8.13. The van der Waals surface area contributed by atoms with Crippen molar-refractivity contribution in [1.29, 1.82) is 0 Å². The van der Waals surface area contributed by atoms with Crippen molar-refractivity contribution in [3.8, 4) is 5.75 Å². The third kappa shape index (κ3) is 3.86. The minimum absolute atomic E-state index is 0.247. The van der Waals surface area contributed by atoms with Gasteiger partial charge in [0.25, 0.3) is 0 Å². The van der Waals surface area contributed by atoms with Gasteiger partial charge in [-0.25, -0.2) is 0 Å². The van der Waals surface area contributed by atoms with Crippen LogP contribution in [0.15, 0.2) is 48.5 Å². The van der Waals surface area contributed by atoms with Crippen molar-refractivity contribution in [1.82, 2.24) is 4.90 Å². The molecule has 1 atom stereocenters. The zero-order valence-electron chi connectivity index (χ0n) is 16.1. The maximum absolute atomic E-state index is 12.8. The molecule has 1 amide bonds. The molecule has 0 spiro atoms. The molecule has 0 aromatic heterocycles. The molecule has 2 aromatic rings. The zero-order valence-corrected chi connectivity index (χ0v) is 16.1. The first-order valence-corrected chi connectivity index (χ1v) is 10.1. The molecule has 1 unspecified atom stereocenters. The average molecular weight is 364 g/mol. The van der Waals surface area contributed by atoms with E-state index in [4.69, 9.17) is 4.74 Å². The summed E-state index contributed by atoms with van der Waals surface area (Å²) in [7, 11) is 0. The highest BCUT2D eigenvalue weighted by Gasteiger charge is 2.28. The molecule has 0 radical (unpaired) electrons. The molecule has 1 fully saturated rings.